The molecule has 46 heavy (non-hydrogen) atoms. The fourth-order valence-corrected chi connectivity index (χ4v) is 7.84. The maximum atomic E-state index is 17.2. The molecule has 1 aromatic carbocycles. The van der Waals surface area contributed by atoms with Crippen molar-refractivity contribution in [2.45, 2.75) is 62.6 Å². The van der Waals surface area contributed by atoms with Gasteiger partial charge in [-0.2, -0.15) is 9.97 Å². The minimum absolute atomic E-state index is 0.00602. The molecule has 7 rings (SSSR count). The van der Waals surface area contributed by atoms with Crippen molar-refractivity contribution < 1.29 is 23.7 Å². The first kappa shape index (κ1) is 31.0. The lowest BCUT2D eigenvalue weighted by Gasteiger charge is -2.31. The normalized spacial score (nSPS) is 25.2. The zero-order valence-electron chi connectivity index (χ0n) is 26.1. The molecule has 4 aliphatic rings. The molecule has 5 heterocycles. The zero-order chi connectivity index (χ0) is 32.3. The number of methoxy groups -OCH3 is 1. The van der Waals surface area contributed by atoms with Crippen molar-refractivity contribution in [2.24, 2.45) is 0 Å². The molecule has 4 N–H and O–H groups in total. The molecule has 3 unspecified atom stereocenters. The Balaban J connectivity index is 1.43. The Morgan fingerprint density at radius 1 is 1.28 bits per heavy atom. The van der Waals surface area contributed by atoms with Gasteiger partial charge in [-0.1, -0.05) is 23.8 Å². The predicted octanol–water partition coefficient (Wildman–Crippen LogP) is 4.71. The van der Waals surface area contributed by atoms with Crippen LogP contribution in [0.25, 0.3) is 22.2 Å². The first-order valence-corrected chi connectivity index (χ1v) is 16.2. The standard InChI is InChI=1S/C33H39ClFN7O4/c1-17-11-33(12-20(43)15-41(33)14-17)16-46-32-39-29-26(30(40-32)42-7-9-45-8-6-18(42)2)31(44-3)38-28(27(29)35)25-21(13-36)23(37)10-22(34)24(25)19-4-5-19/h10,13,18-20,36,43H,1,4-9,11-12,14-16,37H2,2-3H3. The smallest absolute Gasteiger partial charge is 0.319 e. The van der Waals surface area contributed by atoms with Gasteiger partial charge in [0.1, 0.15) is 29.0 Å². The van der Waals surface area contributed by atoms with Crippen LogP contribution in [0.4, 0.5) is 15.9 Å². The van der Waals surface area contributed by atoms with Gasteiger partial charge in [-0.15, -0.1) is 0 Å². The van der Waals surface area contributed by atoms with Crippen LogP contribution in [-0.4, -0.2) is 95.4 Å². The van der Waals surface area contributed by atoms with Crippen molar-refractivity contribution >= 4 is 40.2 Å². The van der Waals surface area contributed by atoms with E-state index in [4.69, 9.17) is 46.9 Å². The van der Waals surface area contributed by atoms with Gasteiger partial charge in [-0.05, 0) is 56.6 Å². The minimum Gasteiger partial charge on any atom is -0.480 e. The number of nitrogen functional groups attached to an aromatic ring is 1. The Bertz CT molecular complexity index is 1740. The number of hydrogen-bond acceptors (Lipinski definition) is 11. The van der Waals surface area contributed by atoms with E-state index in [1.165, 1.54) is 7.11 Å². The number of hydrogen-bond donors (Lipinski definition) is 3. The van der Waals surface area contributed by atoms with Crippen LogP contribution < -0.4 is 20.1 Å². The number of aliphatic hydroxyl groups excluding tert-OH is 1. The summed E-state index contributed by atoms with van der Waals surface area (Å²) in [5.74, 6) is -0.0327. The molecule has 2 aromatic heterocycles. The molecule has 3 aromatic rings. The summed E-state index contributed by atoms with van der Waals surface area (Å²) in [6, 6.07) is 1.63. The SMILES string of the molecule is C=C1CN2CC(O)CC2(COc2nc(N3CCOCCC3C)c3c(OC)nc(-c4c(C=N)c(N)cc(Cl)c4C4CC4)c(F)c3n2)C1. The van der Waals surface area contributed by atoms with E-state index < -0.39 is 17.5 Å². The number of β-amino-alcohol motifs (C(OH)–C–C–N with tert-alkyl or cyclic N) is 1. The van der Waals surface area contributed by atoms with Gasteiger partial charge in [0.25, 0.3) is 0 Å². The number of aliphatic hydroxyl groups is 1. The van der Waals surface area contributed by atoms with Crippen LogP contribution in [0.15, 0.2) is 18.2 Å². The van der Waals surface area contributed by atoms with Gasteiger partial charge in [0, 0.05) is 60.3 Å². The third kappa shape index (κ3) is 5.25. The molecule has 244 valence electrons. The Kier molecular flexibility index (Phi) is 8.03. The monoisotopic (exact) mass is 651 g/mol. The summed E-state index contributed by atoms with van der Waals surface area (Å²) in [6.45, 7) is 9.26. The number of rotatable bonds is 8. The van der Waals surface area contributed by atoms with E-state index in [0.717, 1.165) is 31.1 Å². The summed E-state index contributed by atoms with van der Waals surface area (Å²) >= 11 is 6.72. The maximum absolute atomic E-state index is 17.2. The largest absolute Gasteiger partial charge is 0.480 e. The quantitative estimate of drug-likeness (QED) is 0.178. The molecule has 3 saturated heterocycles. The maximum Gasteiger partial charge on any atom is 0.319 e. The Hall–Kier alpha value is -3.58. The van der Waals surface area contributed by atoms with E-state index in [1.807, 2.05) is 0 Å². The molecule has 1 aliphatic carbocycles. The summed E-state index contributed by atoms with van der Waals surface area (Å²) in [5.41, 5.74) is 8.58. The Morgan fingerprint density at radius 2 is 2.09 bits per heavy atom. The number of halogens is 2. The van der Waals surface area contributed by atoms with Gasteiger partial charge < -0.3 is 35.4 Å². The van der Waals surface area contributed by atoms with Gasteiger partial charge >= 0.3 is 6.01 Å². The van der Waals surface area contributed by atoms with Crippen molar-refractivity contribution in [3.63, 3.8) is 0 Å². The van der Waals surface area contributed by atoms with Crippen LogP contribution in [0, 0.1) is 11.2 Å². The molecular formula is C33H39ClFN7O4. The molecular weight excluding hydrogens is 613 g/mol. The Morgan fingerprint density at radius 3 is 2.83 bits per heavy atom. The highest BCUT2D eigenvalue weighted by atomic mass is 35.5. The number of fused-ring (bicyclic) bond motifs is 2. The van der Waals surface area contributed by atoms with Crippen LogP contribution in [0.1, 0.15) is 56.1 Å². The van der Waals surface area contributed by atoms with Gasteiger partial charge in [0.2, 0.25) is 5.88 Å². The highest BCUT2D eigenvalue weighted by Crippen LogP contribution is 2.51. The lowest BCUT2D eigenvalue weighted by Crippen LogP contribution is -2.43. The summed E-state index contributed by atoms with van der Waals surface area (Å²) < 4.78 is 35.1. The highest BCUT2D eigenvalue weighted by molar-refractivity contribution is 6.32. The lowest BCUT2D eigenvalue weighted by atomic mass is 9.93. The van der Waals surface area contributed by atoms with Gasteiger partial charge in [-0.25, -0.2) is 9.37 Å². The molecule has 3 aliphatic heterocycles. The predicted molar refractivity (Wildman–Crippen MR) is 175 cm³/mol. The fraction of sp³-hybridized carbons (Fsp3) is 0.515. The van der Waals surface area contributed by atoms with Crippen molar-refractivity contribution in [1.82, 2.24) is 19.9 Å². The van der Waals surface area contributed by atoms with Crippen molar-refractivity contribution in [1.29, 1.82) is 5.41 Å². The van der Waals surface area contributed by atoms with Crippen LogP contribution >= 0.6 is 11.6 Å². The van der Waals surface area contributed by atoms with E-state index in [9.17, 15) is 5.11 Å². The van der Waals surface area contributed by atoms with Crippen LogP contribution in [-0.2, 0) is 4.74 Å². The molecule has 0 spiro atoms. The van der Waals surface area contributed by atoms with Gasteiger partial charge in [-0.3, -0.25) is 4.90 Å². The number of aromatic nitrogens is 3. The zero-order valence-corrected chi connectivity index (χ0v) is 26.9. The van der Waals surface area contributed by atoms with E-state index in [2.05, 4.69) is 28.3 Å². The summed E-state index contributed by atoms with van der Waals surface area (Å²) in [4.78, 5) is 18.5. The van der Waals surface area contributed by atoms with Crippen LogP contribution in [0.5, 0.6) is 11.9 Å². The molecule has 1 saturated carbocycles. The number of nitrogens with one attached hydrogen (secondary N) is 1. The number of nitrogens with two attached hydrogens (primary N) is 1. The summed E-state index contributed by atoms with van der Waals surface area (Å²) in [5, 5.41) is 19.4. The van der Waals surface area contributed by atoms with E-state index in [-0.39, 0.29) is 47.4 Å². The third-order valence-electron chi connectivity index (χ3n) is 9.80. The van der Waals surface area contributed by atoms with E-state index in [1.54, 1.807) is 6.07 Å². The number of benzene rings is 1. The first-order valence-electron chi connectivity index (χ1n) is 15.8. The topological polar surface area (TPSA) is 143 Å². The first-order chi connectivity index (χ1) is 22.1. The molecule has 0 bridgehead atoms. The second kappa shape index (κ2) is 11.9. The molecule has 3 atom stereocenters. The number of nitrogens with zero attached hydrogens (tertiary/aromatic N) is 5. The molecule has 4 fully saturated rings. The number of pyridine rings is 1. The molecule has 0 radical (unpaired) electrons. The number of ether oxygens (including phenoxy) is 3. The second-order valence-corrected chi connectivity index (χ2v) is 13.4. The average Bonchev–Trinajstić information content (AvgIpc) is 3.78. The molecule has 13 heteroatoms. The third-order valence-corrected chi connectivity index (χ3v) is 10.1. The number of anilines is 2. The van der Waals surface area contributed by atoms with Crippen molar-refractivity contribution in [2.75, 3.05) is 57.2 Å². The highest BCUT2D eigenvalue weighted by Gasteiger charge is 2.50. The van der Waals surface area contributed by atoms with E-state index >= 15 is 4.39 Å². The molecule has 11 nitrogen and oxygen atoms in total. The van der Waals surface area contributed by atoms with Crippen molar-refractivity contribution in [3.05, 3.63) is 40.2 Å². The van der Waals surface area contributed by atoms with Crippen molar-refractivity contribution in [3.8, 4) is 23.1 Å². The van der Waals surface area contributed by atoms with Gasteiger partial charge in [0.15, 0.2) is 5.82 Å². The van der Waals surface area contributed by atoms with Crippen LogP contribution in [0.2, 0.25) is 5.02 Å². The van der Waals surface area contributed by atoms with Gasteiger partial charge in [0.05, 0.1) is 25.4 Å². The van der Waals surface area contributed by atoms with E-state index in [0.29, 0.717) is 78.6 Å². The molecule has 0 amide bonds. The minimum atomic E-state index is -0.708. The Labute approximate surface area is 272 Å². The van der Waals surface area contributed by atoms with Crippen LogP contribution in [0.3, 0.4) is 0 Å². The fourth-order valence-electron chi connectivity index (χ4n) is 7.47. The summed E-state index contributed by atoms with van der Waals surface area (Å²) in [6.07, 6.45) is 4.39. The summed E-state index contributed by atoms with van der Waals surface area (Å²) in [7, 11) is 1.48. The average molecular weight is 652 g/mol. The second-order valence-electron chi connectivity index (χ2n) is 13.0. The lowest BCUT2D eigenvalue weighted by molar-refractivity contribution is 0.107.